The maximum atomic E-state index is 12.5. The van der Waals surface area contributed by atoms with Gasteiger partial charge in [-0.2, -0.15) is 0 Å². The lowest BCUT2D eigenvalue weighted by Gasteiger charge is -2.16. The standard InChI is InChI=1S/C22H32O6/c1-4-27-22(25)15-14-20(24)21(9-7-5-6-8-17(2)23)28-16-18-10-12-19(26-3)13-11-18/h10-15,17,21,23H,4-9,16H2,1-3H3/b15-14+/t17-,21+/m0/s1. The van der Waals surface area contributed by atoms with Crippen molar-refractivity contribution in [1.29, 1.82) is 0 Å². The molecular weight excluding hydrogens is 360 g/mol. The highest BCUT2D eigenvalue weighted by molar-refractivity contribution is 5.98. The first-order valence-corrected chi connectivity index (χ1v) is 9.77. The number of aliphatic hydroxyl groups is 1. The van der Waals surface area contributed by atoms with E-state index in [0.717, 1.165) is 43.1 Å². The van der Waals surface area contributed by atoms with Gasteiger partial charge in [-0.05, 0) is 50.5 Å². The Morgan fingerprint density at radius 1 is 1.07 bits per heavy atom. The van der Waals surface area contributed by atoms with Gasteiger partial charge in [-0.25, -0.2) is 4.79 Å². The largest absolute Gasteiger partial charge is 0.497 e. The van der Waals surface area contributed by atoms with Gasteiger partial charge in [0.1, 0.15) is 11.9 Å². The molecule has 2 atom stereocenters. The third-order valence-electron chi connectivity index (χ3n) is 4.19. The molecule has 0 saturated heterocycles. The van der Waals surface area contributed by atoms with Crippen LogP contribution in [0.2, 0.25) is 0 Å². The van der Waals surface area contributed by atoms with Gasteiger partial charge in [0, 0.05) is 6.08 Å². The number of benzene rings is 1. The Bertz CT molecular complexity index is 606. The predicted octanol–water partition coefficient (Wildman–Crippen LogP) is 3.60. The molecule has 0 heterocycles. The third-order valence-corrected chi connectivity index (χ3v) is 4.19. The smallest absolute Gasteiger partial charge is 0.330 e. The number of ketones is 1. The Morgan fingerprint density at radius 3 is 2.36 bits per heavy atom. The van der Waals surface area contributed by atoms with Gasteiger partial charge in [-0.15, -0.1) is 0 Å². The van der Waals surface area contributed by atoms with Gasteiger partial charge in [-0.1, -0.05) is 31.4 Å². The van der Waals surface area contributed by atoms with Gasteiger partial charge in [0.25, 0.3) is 0 Å². The number of rotatable bonds is 14. The lowest BCUT2D eigenvalue weighted by molar-refractivity contribution is -0.137. The maximum Gasteiger partial charge on any atom is 0.330 e. The van der Waals surface area contributed by atoms with Gasteiger partial charge < -0.3 is 19.3 Å². The van der Waals surface area contributed by atoms with Crippen LogP contribution in [0.15, 0.2) is 36.4 Å². The first-order chi connectivity index (χ1) is 13.5. The fourth-order valence-corrected chi connectivity index (χ4v) is 2.62. The molecule has 0 aliphatic carbocycles. The third kappa shape index (κ3) is 10.2. The number of aliphatic hydroxyl groups excluding tert-OH is 1. The lowest BCUT2D eigenvalue weighted by Crippen LogP contribution is -2.23. The number of carbonyl (C=O) groups excluding carboxylic acids is 2. The monoisotopic (exact) mass is 392 g/mol. The second-order valence-corrected chi connectivity index (χ2v) is 6.62. The SMILES string of the molecule is CCOC(=O)/C=C/C(=O)[C@@H](CCCCC[C@H](C)O)OCc1ccc(OC)cc1. The van der Waals surface area contributed by atoms with Crippen LogP contribution >= 0.6 is 0 Å². The second kappa shape index (κ2) is 13.9. The van der Waals surface area contributed by atoms with E-state index in [9.17, 15) is 14.7 Å². The molecule has 1 rings (SSSR count). The Hall–Kier alpha value is -2.18. The molecule has 0 fully saturated rings. The molecule has 0 aliphatic heterocycles. The first kappa shape index (κ1) is 23.9. The number of ether oxygens (including phenoxy) is 3. The van der Waals surface area contributed by atoms with Crippen LogP contribution in [0.1, 0.15) is 51.5 Å². The first-order valence-electron chi connectivity index (χ1n) is 9.77. The van der Waals surface area contributed by atoms with E-state index in [2.05, 4.69) is 0 Å². The van der Waals surface area contributed by atoms with Gasteiger partial charge in [0.2, 0.25) is 0 Å². The van der Waals surface area contributed by atoms with E-state index < -0.39 is 12.1 Å². The molecule has 0 aliphatic rings. The lowest BCUT2D eigenvalue weighted by atomic mass is 10.0. The molecule has 1 aromatic carbocycles. The quantitative estimate of drug-likeness (QED) is 0.296. The fraction of sp³-hybridized carbons (Fsp3) is 0.545. The minimum absolute atomic E-state index is 0.253. The van der Waals surface area contributed by atoms with Gasteiger partial charge in [0.05, 0.1) is 26.4 Å². The van der Waals surface area contributed by atoms with Crippen molar-refractivity contribution >= 4 is 11.8 Å². The average molecular weight is 392 g/mol. The highest BCUT2D eigenvalue weighted by atomic mass is 16.5. The van der Waals surface area contributed by atoms with E-state index in [1.807, 2.05) is 24.3 Å². The predicted molar refractivity (Wildman–Crippen MR) is 107 cm³/mol. The van der Waals surface area contributed by atoms with Gasteiger partial charge >= 0.3 is 5.97 Å². The highest BCUT2D eigenvalue weighted by Gasteiger charge is 2.17. The zero-order valence-electron chi connectivity index (χ0n) is 17.1. The van der Waals surface area contributed by atoms with E-state index in [1.54, 1.807) is 21.0 Å². The molecule has 0 unspecified atom stereocenters. The summed E-state index contributed by atoms with van der Waals surface area (Å²) in [6.45, 7) is 4.03. The number of hydrogen-bond acceptors (Lipinski definition) is 6. The maximum absolute atomic E-state index is 12.5. The molecule has 0 saturated carbocycles. The number of esters is 1. The zero-order chi connectivity index (χ0) is 20.8. The van der Waals surface area contributed by atoms with Gasteiger partial charge in [-0.3, -0.25) is 4.79 Å². The summed E-state index contributed by atoms with van der Waals surface area (Å²) in [6.07, 6.45) is 5.35. The molecule has 0 spiro atoms. The van der Waals surface area contributed by atoms with Crippen LogP contribution in [0.25, 0.3) is 0 Å². The van der Waals surface area contributed by atoms with E-state index in [-0.39, 0.29) is 18.5 Å². The minimum Gasteiger partial charge on any atom is -0.497 e. The molecule has 6 nitrogen and oxygen atoms in total. The molecule has 0 aromatic heterocycles. The van der Waals surface area contributed by atoms with Crippen molar-refractivity contribution in [2.75, 3.05) is 13.7 Å². The number of carbonyl (C=O) groups is 2. The molecule has 156 valence electrons. The summed E-state index contributed by atoms with van der Waals surface area (Å²) in [5, 5.41) is 9.32. The molecule has 1 N–H and O–H groups in total. The Balaban J connectivity index is 2.61. The Morgan fingerprint density at radius 2 is 1.75 bits per heavy atom. The molecular formula is C22H32O6. The summed E-state index contributed by atoms with van der Waals surface area (Å²) in [5.74, 6) is -0.0364. The molecule has 0 bridgehead atoms. The van der Waals surface area contributed by atoms with Crippen LogP contribution in [0, 0.1) is 0 Å². The van der Waals surface area contributed by atoms with Crippen molar-refractivity contribution in [2.24, 2.45) is 0 Å². The van der Waals surface area contributed by atoms with Crippen LogP contribution < -0.4 is 4.74 Å². The summed E-state index contributed by atoms with van der Waals surface area (Å²) in [5.41, 5.74) is 0.932. The van der Waals surface area contributed by atoms with Crippen molar-refractivity contribution < 1.29 is 28.9 Å². The van der Waals surface area contributed by atoms with Crippen LogP contribution in [0.3, 0.4) is 0 Å². The van der Waals surface area contributed by atoms with Crippen LogP contribution in [0.5, 0.6) is 5.75 Å². The number of unbranched alkanes of at least 4 members (excludes halogenated alkanes) is 2. The van der Waals surface area contributed by atoms with Crippen molar-refractivity contribution in [1.82, 2.24) is 0 Å². The average Bonchev–Trinajstić information content (AvgIpc) is 2.68. The van der Waals surface area contributed by atoms with Crippen molar-refractivity contribution in [3.05, 3.63) is 42.0 Å². The highest BCUT2D eigenvalue weighted by Crippen LogP contribution is 2.16. The topological polar surface area (TPSA) is 82.1 Å². The molecule has 6 heteroatoms. The zero-order valence-corrected chi connectivity index (χ0v) is 17.1. The van der Waals surface area contributed by atoms with Crippen molar-refractivity contribution in [3.8, 4) is 5.75 Å². The fourth-order valence-electron chi connectivity index (χ4n) is 2.62. The minimum atomic E-state index is -0.626. The summed E-state index contributed by atoms with van der Waals surface area (Å²) in [7, 11) is 1.60. The summed E-state index contributed by atoms with van der Waals surface area (Å²) in [4.78, 5) is 23.9. The van der Waals surface area contributed by atoms with E-state index in [0.29, 0.717) is 13.0 Å². The van der Waals surface area contributed by atoms with E-state index in [1.165, 1.54) is 6.08 Å². The number of hydrogen-bond donors (Lipinski definition) is 1. The normalized spacial score (nSPS) is 13.3. The molecule has 1 aromatic rings. The van der Waals surface area contributed by atoms with E-state index >= 15 is 0 Å². The van der Waals surface area contributed by atoms with Crippen LogP contribution in [-0.4, -0.2) is 42.8 Å². The summed E-state index contributed by atoms with van der Waals surface area (Å²) in [6, 6.07) is 7.45. The van der Waals surface area contributed by atoms with Crippen molar-refractivity contribution in [3.63, 3.8) is 0 Å². The summed E-state index contributed by atoms with van der Waals surface area (Å²) < 4.78 is 15.8. The van der Waals surface area contributed by atoms with Crippen molar-refractivity contribution in [2.45, 2.75) is 64.8 Å². The second-order valence-electron chi connectivity index (χ2n) is 6.62. The Kier molecular flexibility index (Phi) is 11.9. The molecule has 0 radical (unpaired) electrons. The molecule has 28 heavy (non-hydrogen) atoms. The Labute approximate surface area is 167 Å². The van der Waals surface area contributed by atoms with E-state index in [4.69, 9.17) is 14.2 Å². The van der Waals surface area contributed by atoms with Crippen LogP contribution in [-0.2, 0) is 25.7 Å². The van der Waals surface area contributed by atoms with Gasteiger partial charge in [0.15, 0.2) is 5.78 Å². The van der Waals surface area contributed by atoms with Crippen LogP contribution in [0.4, 0.5) is 0 Å². The number of methoxy groups -OCH3 is 1. The molecule has 0 amide bonds. The summed E-state index contributed by atoms with van der Waals surface area (Å²) >= 11 is 0.